The molecule has 1 aromatic carbocycles. The van der Waals surface area contributed by atoms with Gasteiger partial charge in [0.05, 0.1) is 12.0 Å². The van der Waals surface area contributed by atoms with Crippen LogP contribution in [0, 0.1) is 19.8 Å². The van der Waals surface area contributed by atoms with Gasteiger partial charge in [-0.1, -0.05) is 18.2 Å². The quantitative estimate of drug-likeness (QED) is 0.911. The summed E-state index contributed by atoms with van der Waals surface area (Å²) in [7, 11) is 0. The molecule has 21 heavy (non-hydrogen) atoms. The van der Waals surface area contributed by atoms with Gasteiger partial charge in [0.25, 0.3) is 0 Å². The predicted octanol–water partition coefficient (Wildman–Crippen LogP) is 2.16. The van der Waals surface area contributed by atoms with Crippen LogP contribution >= 0.6 is 0 Å². The Kier molecular flexibility index (Phi) is 4.35. The van der Waals surface area contributed by atoms with Gasteiger partial charge in [0, 0.05) is 6.42 Å². The summed E-state index contributed by atoms with van der Waals surface area (Å²) in [5.74, 6) is -0.721. The number of rotatable bonds is 5. The number of hydrogen-bond donors (Lipinski definition) is 1. The summed E-state index contributed by atoms with van der Waals surface area (Å²) in [6, 6.07) is 5.94. The zero-order valence-corrected chi connectivity index (χ0v) is 12.7. The van der Waals surface area contributed by atoms with Gasteiger partial charge in [0.15, 0.2) is 5.82 Å². The van der Waals surface area contributed by atoms with Gasteiger partial charge >= 0.3 is 5.97 Å². The highest BCUT2D eigenvalue weighted by Gasteiger charge is 2.24. The van der Waals surface area contributed by atoms with Gasteiger partial charge in [-0.25, -0.2) is 4.68 Å². The maximum Gasteiger partial charge on any atom is 0.308 e. The summed E-state index contributed by atoms with van der Waals surface area (Å²) in [5.41, 5.74) is 3.58. The number of nitrogens with zero attached hydrogens (tertiary/aromatic N) is 4. The molecule has 0 fully saturated rings. The largest absolute Gasteiger partial charge is 0.481 e. The van der Waals surface area contributed by atoms with Crippen LogP contribution in [0.2, 0.25) is 0 Å². The normalized spacial score (nSPS) is 13.9. The van der Waals surface area contributed by atoms with Crippen LogP contribution in [0.15, 0.2) is 18.2 Å². The minimum absolute atomic E-state index is 0.293. The first-order valence-corrected chi connectivity index (χ1v) is 6.95. The summed E-state index contributed by atoms with van der Waals surface area (Å²) >= 11 is 0. The molecule has 6 heteroatoms. The molecule has 2 unspecified atom stereocenters. The number of benzene rings is 1. The van der Waals surface area contributed by atoms with Crippen molar-refractivity contribution in [3.8, 4) is 0 Å². The van der Waals surface area contributed by atoms with Crippen molar-refractivity contribution in [3.63, 3.8) is 0 Å². The van der Waals surface area contributed by atoms with E-state index in [0.717, 1.165) is 5.56 Å². The molecule has 1 aromatic heterocycles. The number of tetrazole rings is 1. The maximum atomic E-state index is 11.1. The van der Waals surface area contributed by atoms with Crippen LogP contribution in [0.1, 0.15) is 42.4 Å². The van der Waals surface area contributed by atoms with Crippen molar-refractivity contribution < 1.29 is 9.90 Å². The van der Waals surface area contributed by atoms with Crippen molar-refractivity contribution in [1.29, 1.82) is 0 Å². The van der Waals surface area contributed by atoms with Gasteiger partial charge in [-0.15, -0.1) is 5.10 Å². The number of aryl methyl sites for hydroxylation is 2. The molecule has 0 amide bonds. The van der Waals surface area contributed by atoms with E-state index in [-0.39, 0.29) is 6.04 Å². The average Bonchev–Trinajstić information content (AvgIpc) is 2.89. The summed E-state index contributed by atoms with van der Waals surface area (Å²) in [6.45, 7) is 7.62. The molecule has 1 heterocycles. The number of carboxylic acid groups (broad SMARTS) is 1. The lowest BCUT2D eigenvalue weighted by atomic mass is 10.0. The van der Waals surface area contributed by atoms with Crippen LogP contribution < -0.4 is 0 Å². The molecule has 2 aromatic rings. The number of carboxylic acids is 1. The Bertz CT molecular complexity index is 651. The van der Waals surface area contributed by atoms with Crippen molar-refractivity contribution >= 4 is 5.97 Å². The Morgan fingerprint density at radius 1 is 1.29 bits per heavy atom. The third-order valence-corrected chi connectivity index (χ3v) is 3.99. The SMILES string of the molecule is Cc1ccc(Cc2nnnn2C(C)C(C)C(=O)O)cc1C. The summed E-state index contributed by atoms with van der Waals surface area (Å²) < 4.78 is 1.61. The lowest BCUT2D eigenvalue weighted by Crippen LogP contribution is -2.24. The third kappa shape index (κ3) is 3.26. The van der Waals surface area contributed by atoms with E-state index in [4.69, 9.17) is 5.11 Å². The smallest absolute Gasteiger partial charge is 0.308 e. The Morgan fingerprint density at radius 2 is 2.00 bits per heavy atom. The van der Waals surface area contributed by atoms with E-state index < -0.39 is 11.9 Å². The summed E-state index contributed by atoms with van der Waals surface area (Å²) in [5, 5.41) is 20.8. The first kappa shape index (κ1) is 15.2. The van der Waals surface area contributed by atoms with Crippen molar-refractivity contribution in [2.45, 2.75) is 40.2 Å². The minimum Gasteiger partial charge on any atom is -0.481 e. The highest BCUT2D eigenvalue weighted by atomic mass is 16.4. The van der Waals surface area contributed by atoms with E-state index in [0.29, 0.717) is 12.2 Å². The number of hydrogen-bond acceptors (Lipinski definition) is 4. The molecular formula is C15H20N4O2. The van der Waals surface area contributed by atoms with Crippen LogP contribution in [0.5, 0.6) is 0 Å². The molecule has 2 atom stereocenters. The van der Waals surface area contributed by atoms with E-state index in [1.807, 2.05) is 13.0 Å². The van der Waals surface area contributed by atoms with Crippen LogP contribution in [0.4, 0.5) is 0 Å². The Hall–Kier alpha value is -2.24. The van der Waals surface area contributed by atoms with Crippen molar-refractivity contribution in [1.82, 2.24) is 20.2 Å². The molecule has 0 aliphatic heterocycles. The highest BCUT2D eigenvalue weighted by molar-refractivity contribution is 5.70. The molecule has 2 rings (SSSR count). The van der Waals surface area contributed by atoms with Crippen molar-refractivity contribution in [3.05, 3.63) is 40.7 Å². The second kappa shape index (κ2) is 6.03. The fourth-order valence-corrected chi connectivity index (χ4v) is 2.16. The number of aliphatic carboxylic acids is 1. The molecule has 0 saturated heterocycles. The van der Waals surface area contributed by atoms with Crippen LogP contribution in [0.3, 0.4) is 0 Å². The molecule has 0 aliphatic rings. The zero-order valence-electron chi connectivity index (χ0n) is 12.7. The molecular weight excluding hydrogens is 268 g/mol. The fraction of sp³-hybridized carbons (Fsp3) is 0.467. The zero-order chi connectivity index (χ0) is 15.6. The van der Waals surface area contributed by atoms with Gasteiger partial charge in [0.2, 0.25) is 0 Å². The van der Waals surface area contributed by atoms with Gasteiger partial charge in [0.1, 0.15) is 0 Å². The standard InChI is InChI=1S/C15H20N4O2/c1-9-5-6-13(7-10(9)2)8-14-16-17-18-19(14)12(4)11(3)15(20)21/h5-7,11-12H,8H2,1-4H3,(H,20,21). The summed E-state index contributed by atoms with van der Waals surface area (Å²) in [6.07, 6.45) is 0.588. The van der Waals surface area contributed by atoms with E-state index >= 15 is 0 Å². The Labute approximate surface area is 123 Å². The average molecular weight is 288 g/mol. The minimum atomic E-state index is -0.852. The van der Waals surface area contributed by atoms with Gasteiger partial charge in [-0.05, 0) is 54.8 Å². The molecule has 1 N–H and O–H groups in total. The van der Waals surface area contributed by atoms with E-state index in [9.17, 15) is 4.79 Å². The van der Waals surface area contributed by atoms with Crippen LogP contribution in [0.25, 0.3) is 0 Å². The molecule has 0 aliphatic carbocycles. The second-order valence-corrected chi connectivity index (χ2v) is 5.50. The third-order valence-electron chi connectivity index (χ3n) is 3.99. The maximum absolute atomic E-state index is 11.1. The fourth-order valence-electron chi connectivity index (χ4n) is 2.16. The second-order valence-electron chi connectivity index (χ2n) is 5.50. The molecule has 6 nitrogen and oxygen atoms in total. The first-order valence-electron chi connectivity index (χ1n) is 6.95. The lowest BCUT2D eigenvalue weighted by molar-refractivity contribution is -0.142. The van der Waals surface area contributed by atoms with E-state index in [1.165, 1.54) is 11.1 Å². The molecule has 0 spiro atoms. The topological polar surface area (TPSA) is 80.9 Å². The van der Waals surface area contributed by atoms with Crippen molar-refractivity contribution in [2.75, 3.05) is 0 Å². The lowest BCUT2D eigenvalue weighted by Gasteiger charge is -2.17. The van der Waals surface area contributed by atoms with Gasteiger partial charge in [-0.3, -0.25) is 4.79 Å². The molecule has 0 radical (unpaired) electrons. The van der Waals surface area contributed by atoms with Gasteiger partial charge in [-0.2, -0.15) is 0 Å². The first-order chi connectivity index (χ1) is 9.90. The number of carbonyl (C=O) groups is 1. The molecule has 112 valence electrons. The number of aromatic nitrogens is 4. The van der Waals surface area contributed by atoms with Gasteiger partial charge < -0.3 is 5.11 Å². The summed E-state index contributed by atoms with van der Waals surface area (Å²) in [4.78, 5) is 11.1. The monoisotopic (exact) mass is 288 g/mol. The molecule has 0 saturated carbocycles. The van der Waals surface area contributed by atoms with Crippen LogP contribution in [-0.2, 0) is 11.2 Å². The Morgan fingerprint density at radius 3 is 2.62 bits per heavy atom. The van der Waals surface area contributed by atoms with E-state index in [1.54, 1.807) is 11.6 Å². The van der Waals surface area contributed by atoms with E-state index in [2.05, 4.69) is 41.5 Å². The van der Waals surface area contributed by atoms with Crippen LogP contribution in [-0.4, -0.2) is 31.3 Å². The highest BCUT2D eigenvalue weighted by Crippen LogP contribution is 2.19. The molecule has 0 bridgehead atoms. The predicted molar refractivity (Wildman–Crippen MR) is 78.0 cm³/mol. The Balaban J connectivity index is 2.24. The van der Waals surface area contributed by atoms with Crippen molar-refractivity contribution in [2.24, 2.45) is 5.92 Å².